The molecule has 3 heteroatoms. The zero-order chi connectivity index (χ0) is 10.6. The van der Waals surface area contributed by atoms with Gasteiger partial charge in [-0.2, -0.15) is 0 Å². The highest BCUT2D eigenvalue weighted by Gasteiger charge is 2.12. The molecular formula is C11H18O2S. The molecule has 14 heavy (non-hydrogen) atoms. The van der Waals surface area contributed by atoms with Gasteiger partial charge in [-0.15, -0.1) is 11.3 Å². The Bertz CT molecular complexity index is 270. The van der Waals surface area contributed by atoms with Crippen molar-refractivity contribution >= 4 is 11.3 Å². The van der Waals surface area contributed by atoms with Crippen LogP contribution in [-0.2, 0) is 4.74 Å². The van der Waals surface area contributed by atoms with Gasteiger partial charge >= 0.3 is 0 Å². The topological polar surface area (TPSA) is 29.5 Å². The number of hydrogen-bond donors (Lipinski definition) is 1. The third kappa shape index (κ3) is 3.08. The van der Waals surface area contributed by atoms with Crippen LogP contribution in [0, 0.1) is 6.92 Å². The van der Waals surface area contributed by atoms with E-state index in [9.17, 15) is 5.11 Å². The Morgan fingerprint density at radius 2 is 2.21 bits per heavy atom. The van der Waals surface area contributed by atoms with Crippen molar-refractivity contribution in [1.29, 1.82) is 0 Å². The lowest BCUT2D eigenvalue weighted by molar-refractivity contribution is 0.0859. The summed E-state index contributed by atoms with van der Waals surface area (Å²) in [7, 11) is 1.70. The number of aryl methyl sites for hydroxylation is 1. The van der Waals surface area contributed by atoms with Crippen LogP contribution < -0.4 is 0 Å². The molecule has 1 heterocycles. The van der Waals surface area contributed by atoms with Crippen LogP contribution in [0.2, 0.25) is 0 Å². The van der Waals surface area contributed by atoms with E-state index in [1.54, 1.807) is 18.4 Å². The van der Waals surface area contributed by atoms with Crippen LogP contribution in [0.25, 0.3) is 0 Å². The van der Waals surface area contributed by atoms with Gasteiger partial charge in [0, 0.05) is 12.0 Å². The molecular weight excluding hydrogens is 196 g/mol. The maximum absolute atomic E-state index is 9.89. The molecule has 0 spiro atoms. The van der Waals surface area contributed by atoms with E-state index in [1.807, 2.05) is 25.3 Å². The minimum absolute atomic E-state index is 0.227. The minimum Gasteiger partial charge on any atom is -0.388 e. The summed E-state index contributed by atoms with van der Waals surface area (Å²) in [4.78, 5) is 1.09. The first-order valence-electron chi connectivity index (χ1n) is 4.90. The molecule has 1 N–H and O–H groups in total. The molecule has 0 saturated carbocycles. The largest absolute Gasteiger partial charge is 0.388 e. The van der Waals surface area contributed by atoms with E-state index < -0.39 is 0 Å². The third-order valence-corrected chi connectivity index (χ3v) is 3.57. The van der Waals surface area contributed by atoms with E-state index in [0.717, 1.165) is 17.7 Å². The quantitative estimate of drug-likeness (QED) is 0.816. The zero-order valence-electron chi connectivity index (χ0n) is 8.99. The third-order valence-electron chi connectivity index (χ3n) is 2.45. The predicted octanol–water partition coefficient (Wildman–Crippen LogP) is 2.91. The molecule has 0 fully saturated rings. The Morgan fingerprint density at radius 1 is 1.50 bits per heavy atom. The number of thiophene rings is 1. The van der Waals surface area contributed by atoms with Crippen molar-refractivity contribution in [2.45, 2.75) is 38.9 Å². The van der Waals surface area contributed by atoms with Gasteiger partial charge in [-0.3, -0.25) is 0 Å². The van der Waals surface area contributed by atoms with E-state index in [-0.39, 0.29) is 12.2 Å². The van der Waals surface area contributed by atoms with Crippen molar-refractivity contribution in [3.05, 3.63) is 21.9 Å². The second-order valence-corrected chi connectivity index (χ2v) is 4.56. The first kappa shape index (κ1) is 11.7. The summed E-state index contributed by atoms with van der Waals surface area (Å²) in [5, 5.41) is 11.9. The Labute approximate surface area is 89.5 Å². The molecule has 0 aliphatic rings. The highest BCUT2D eigenvalue weighted by Crippen LogP contribution is 2.27. The van der Waals surface area contributed by atoms with Gasteiger partial charge in [0.05, 0.1) is 12.2 Å². The van der Waals surface area contributed by atoms with E-state index in [1.165, 1.54) is 5.56 Å². The number of methoxy groups -OCH3 is 1. The van der Waals surface area contributed by atoms with Gasteiger partial charge < -0.3 is 9.84 Å². The molecule has 2 atom stereocenters. The molecule has 0 bridgehead atoms. The number of ether oxygens (including phenoxy) is 1. The zero-order valence-corrected chi connectivity index (χ0v) is 9.80. The predicted molar refractivity (Wildman–Crippen MR) is 59.7 cm³/mol. The molecule has 0 aliphatic heterocycles. The first-order chi connectivity index (χ1) is 6.65. The molecule has 2 nitrogen and oxygen atoms in total. The summed E-state index contributed by atoms with van der Waals surface area (Å²) >= 11 is 1.63. The summed E-state index contributed by atoms with van der Waals surface area (Å²) < 4.78 is 5.14. The highest BCUT2D eigenvalue weighted by molar-refractivity contribution is 7.10. The van der Waals surface area contributed by atoms with Crippen LogP contribution in [0.5, 0.6) is 0 Å². The second-order valence-electron chi connectivity index (χ2n) is 3.61. The lowest BCUT2D eigenvalue weighted by Gasteiger charge is -2.13. The molecule has 80 valence electrons. The average Bonchev–Trinajstić information content (AvgIpc) is 2.60. The monoisotopic (exact) mass is 214 g/mol. The van der Waals surface area contributed by atoms with Crippen molar-refractivity contribution in [2.75, 3.05) is 7.11 Å². The van der Waals surface area contributed by atoms with Crippen LogP contribution in [0.1, 0.15) is 36.3 Å². The average molecular weight is 214 g/mol. The Hall–Kier alpha value is -0.380. The smallest absolute Gasteiger partial charge is 0.0885 e. The Kier molecular flexibility index (Phi) is 4.58. The molecule has 0 radical (unpaired) electrons. The summed E-state index contributed by atoms with van der Waals surface area (Å²) in [6, 6.07) is 2.04. The maximum Gasteiger partial charge on any atom is 0.0885 e. The lowest BCUT2D eigenvalue weighted by Crippen LogP contribution is -2.07. The second kappa shape index (κ2) is 5.49. The summed E-state index contributed by atoms with van der Waals surface area (Å²) in [6.07, 6.45) is 1.57. The number of hydrogen-bond acceptors (Lipinski definition) is 3. The van der Waals surface area contributed by atoms with E-state index in [4.69, 9.17) is 4.74 Å². The van der Waals surface area contributed by atoms with Gasteiger partial charge in [-0.05, 0) is 43.7 Å². The van der Waals surface area contributed by atoms with Crippen molar-refractivity contribution < 1.29 is 9.84 Å². The van der Waals surface area contributed by atoms with Crippen LogP contribution >= 0.6 is 11.3 Å². The summed E-state index contributed by atoms with van der Waals surface area (Å²) in [6.45, 7) is 4.06. The van der Waals surface area contributed by atoms with Crippen LogP contribution in [0.3, 0.4) is 0 Å². The molecule has 0 saturated heterocycles. The number of aliphatic hydroxyl groups excluding tert-OH is 1. The lowest BCUT2D eigenvalue weighted by atomic mass is 10.1. The maximum atomic E-state index is 9.89. The van der Waals surface area contributed by atoms with Gasteiger partial charge in [0.25, 0.3) is 0 Å². The number of aliphatic hydroxyl groups is 1. The summed E-state index contributed by atoms with van der Waals surface area (Å²) in [5.74, 6) is 0. The van der Waals surface area contributed by atoms with Crippen LogP contribution in [0.4, 0.5) is 0 Å². The minimum atomic E-state index is -0.326. The van der Waals surface area contributed by atoms with E-state index in [2.05, 4.69) is 0 Å². The van der Waals surface area contributed by atoms with Gasteiger partial charge in [0.15, 0.2) is 0 Å². The van der Waals surface area contributed by atoms with Gasteiger partial charge in [-0.1, -0.05) is 0 Å². The molecule has 1 aromatic rings. The van der Waals surface area contributed by atoms with Crippen LogP contribution in [-0.4, -0.2) is 18.3 Å². The fourth-order valence-corrected chi connectivity index (χ4v) is 2.31. The van der Waals surface area contributed by atoms with E-state index >= 15 is 0 Å². The SMILES string of the molecule is COC(C)CCC(O)c1sccc1C. The molecule has 0 amide bonds. The molecule has 0 aromatic carbocycles. The van der Waals surface area contributed by atoms with Gasteiger partial charge in [-0.25, -0.2) is 0 Å². The molecule has 1 rings (SSSR count). The Balaban J connectivity index is 2.43. The first-order valence-corrected chi connectivity index (χ1v) is 5.78. The molecule has 0 aliphatic carbocycles. The van der Waals surface area contributed by atoms with Gasteiger partial charge in [0.1, 0.15) is 0 Å². The molecule has 1 aromatic heterocycles. The van der Waals surface area contributed by atoms with Crippen molar-refractivity contribution in [3.63, 3.8) is 0 Å². The Morgan fingerprint density at radius 3 is 2.71 bits per heavy atom. The van der Waals surface area contributed by atoms with Crippen molar-refractivity contribution in [2.24, 2.45) is 0 Å². The van der Waals surface area contributed by atoms with E-state index in [0.29, 0.717) is 0 Å². The highest BCUT2D eigenvalue weighted by atomic mass is 32.1. The summed E-state index contributed by atoms with van der Waals surface area (Å²) in [5.41, 5.74) is 1.19. The van der Waals surface area contributed by atoms with Crippen molar-refractivity contribution in [3.8, 4) is 0 Å². The van der Waals surface area contributed by atoms with Crippen molar-refractivity contribution in [1.82, 2.24) is 0 Å². The fourth-order valence-electron chi connectivity index (χ4n) is 1.37. The number of rotatable bonds is 5. The van der Waals surface area contributed by atoms with Crippen LogP contribution in [0.15, 0.2) is 11.4 Å². The fraction of sp³-hybridized carbons (Fsp3) is 0.636. The normalized spacial score (nSPS) is 15.4. The van der Waals surface area contributed by atoms with Gasteiger partial charge in [0.2, 0.25) is 0 Å². The standard InChI is InChI=1S/C11H18O2S/c1-8-6-7-14-11(8)10(12)5-4-9(2)13-3/h6-7,9-10,12H,4-5H2,1-3H3. The molecule has 2 unspecified atom stereocenters.